The van der Waals surface area contributed by atoms with Gasteiger partial charge in [0.1, 0.15) is 11.5 Å². The molecule has 5 heteroatoms. The normalized spacial score (nSPS) is 11.1. The molecule has 3 aromatic rings. The molecule has 0 saturated heterocycles. The minimum atomic E-state index is -0.885. The smallest absolute Gasteiger partial charge is 0.337 e. The van der Waals surface area contributed by atoms with Crippen LogP contribution in [0.3, 0.4) is 0 Å². The highest BCUT2D eigenvalue weighted by Crippen LogP contribution is 2.24. The predicted molar refractivity (Wildman–Crippen MR) is 105 cm³/mol. The van der Waals surface area contributed by atoms with E-state index in [1.54, 1.807) is 0 Å². The lowest BCUT2D eigenvalue weighted by molar-refractivity contribution is 0.0694. The third-order valence-electron chi connectivity index (χ3n) is 4.98. The van der Waals surface area contributed by atoms with Gasteiger partial charge in [0.05, 0.1) is 12.1 Å². The van der Waals surface area contributed by atoms with Crippen molar-refractivity contribution in [3.8, 4) is 0 Å². The summed E-state index contributed by atoms with van der Waals surface area (Å²) in [6, 6.07) is 12.2. The molecule has 0 aliphatic heterocycles. The number of hydrogen-bond donors (Lipinski definition) is 2. The summed E-state index contributed by atoms with van der Waals surface area (Å²) in [5.41, 5.74) is 5.35. The molecule has 0 radical (unpaired) electrons. The van der Waals surface area contributed by atoms with Gasteiger partial charge in [0, 0.05) is 30.0 Å². The van der Waals surface area contributed by atoms with Crippen molar-refractivity contribution in [2.45, 2.75) is 47.3 Å². The second-order valence-electron chi connectivity index (χ2n) is 7.02. The number of hydrogen-bond acceptors (Lipinski definition) is 3. The van der Waals surface area contributed by atoms with Crippen LogP contribution < -0.4 is 5.32 Å². The largest absolute Gasteiger partial charge is 0.478 e. The van der Waals surface area contributed by atoms with Crippen molar-refractivity contribution in [2.75, 3.05) is 0 Å². The third-order valence-corrected chi connectivity index (χ3v) is 4.98. The number of nitrogens with one attached hydrogen (secondary N) is 1. The van der Waals surface area contributed by atoms with Crippen molar-refractivity contribution in [1.82, 2.24) is 9.88 Å². The molecular formula is C22H26N2O3. The number of nitrogens with zero attached hydrogens (tertiary/aromatic N) is 1. The van der Waals surface area contributed by atoms with Crippen LogP contribution in [-0.2, 0) is 19.6 Å². The number of carbonyl (C=O) groups is 1. The summed E-state index contributed by atoms with van der Waals surface area (Å²) in [6.07, 6.45) is 0. The van der Waals surface area contributed by atoms with E-state index in [2.05, 4.69) is 41.1 Å². The van der Waals surface area contributed by atoms with Crippen LogP contribution in [0.15, 0.2) is 40.8 Å². The average Bonchev–Trinajstić information content (AvgIpc) is 3.13. The summed E-state index contributed by atoms with van der Waals surface area (Å²) in [5.74, 6) is 0.830. The van der Waals surface area contributed by atoms with E-state index in [4.69, 9.17) is 4.42 Å². The maximum absolute atomic E-state index is 11.9. The molecule has 0 spiro atoms. The maximum Gasteiger partial charge on any atom is 0.337 e. The van der Waals surface area contributed by atoms with Gasteiger partial charge in [-0.3, -0.25) is 0 Å². The van der Waals surface area contributed by atoms with E-state index in [9.17, 15) is 9.90 Å². The van der Waals surface area contributed by atoms with E-state index in [0.717, 1.165) is 34.0 Å². The quantitative estimate of drug-likeness (QED) is 0.652. The molecule has 1 aromatic carbocycles. The van der Waals surface area contributed by atoms with Crippen LogP contribution in [0.25, 0.3) is 0 Å². The van der Waals surface area contributed by atoms with Crippen LogP contribution in [0, 0.1) is 27.7 Å². The first-order valence-electron chi connectivity index (χ1n) is 9.10. The van der Waals surface area contributed by atoms with Gasteiger partial charge < -0.3 is 19.4 Å². The number of rotatable bonds is 7. The monoisotopic (exact) mass is 366 g/mol. The van der Waals surface area contributed by atoms with Gasteiger partial charge in [0.2, 0.25) is 0 Å². The standard InChI is InChI=1S/C22H26N2O3/c1-14-5-8-18(9-6-14)13-24-16(3)20(21(17(24)4)22(25)26)12-23-11-19-10-7-15(2)27-19/h5-10,23H,11-13H2,1-4H3,(H,25,26). The number of aromatic nitrogens is 1. The summed E-state index contributed by atoms with van der Waals surface area (Å²) in [6.45, 7) is 9.54. The van der Waals surface area contributed by atoms with Crippen molar-refractivity contribution >= 4 is 5.97 Å². The Balaban J connectivity index is 1.83. The van der Waals surface area contributed by atoms with Crippen LogP contribution >= 0.6 is 0 Å². The summed E-state index contributed by atoms with van der Waals surface area (Å²) >= 11 is 0. The topological polar surface area (TPSA) is 67.4 Å². The second kappa shape index (κ2) is 7.84. The molecule has 2 heterocycles. The third kappa shape index (κ3) is 4.14. The highest BCUT2D eigenvalue weighted by Gasteiger charge is 2.22. The molecule has 0 unspecified atom stereocenters. The SMILES string of the molecule is Cc1ccc(Cn2c(C)c(CNCc3ccc(C)o3)c(C(=O)O)c2C)cc1. The molecule has 5 nitrogen and oxygen atoms in total. The molecule has 0 fully saturated rings. The van der Waals surface area contributed by atoms with E-state index in [-0.39, 0.29) is 0 Å². The lowest BCUT2D eigenvalue weighted by Gasteiger charge is -2.10. The minimum Gasteiger partial charge on any atom is -0.478 e. The van der Waals surface area contributed by atoms with Crippen LogP contribution in [-0.4, -0.2) is 15.6 Å². The van der Waals surface area contributed by atoms with E-state index in [1.165, 1.54) is 5.56 Å². The Morgan fingerprint density at radius 2 is 1.70 bits per heavy atom. The molecule has 0 amide bonds. The predicted octanol–water partition coefficient (Wildman–Crippen LogP) is 4.35. The number of carboxylic acid groups (broad SMARTS) is 1. The fraction of sp³-hybridized carbons (Fsp3) is 0.318. The van der Waals surface area contributed by atoms with Gasteiger partial charge in [-0.25, -0.2) is 4.79 Å². The average molecular weight is 366 g/mol. The van der Waals surface area contributed by atoms with Crippen molar-refractivity contribution in [3.05, 3.63) is 81.6 Å². The Bertz CT molecular complexity index is 949. The first kappa shape index (κ1) is 19.0. The van der Waals surface area contributed by atoms with Gasteiger partial charge >= 0.3 is 5.97 Å². The molecule has 0 aliphatic carbocycles. The van der Waals surface area contributed by atoms with Gasteiger partial charge in [-0.05, 0) is 45.4 Å². The molecule has 2 aromatic heterocycles. The summed E-state index contributed by atoms with van der Waals surface area (Å²) in [7, 11) is 0. The highest BCUT2D eigenvalue weighted by atomic mass is 16.4. The summed E-state index contributed by atoms with van der Waals surface area (Å²) < 4.78 is 7.65. The van der Waals surface area contributed by atoms with Crippen LogP contribution in [0.4, 0.5) is 0 Å². The highest BCUT2D eigenvalue weighted by molar-refractivity contribution is 5.91. The lowest BCUT2D eigenvalue weighted by atomic mass is 10.1. The molecule has 3 rings (SSSR count). The first-order chi connectivity index (χ1) is 12.9. The zero-order valence-corrected chi connectivity index (χ0v) is 16.3. The molecule has 0 bridgehead atoms. The number of benzene rings is 1. The molecule has 0 saturated carbocycles. The van der Waals surface area contributed by atoms with Gasteiger partial charge in [-0.2, -0.15) is 0 Å². The Kier molecular flexibility index (Phi) is 5.51. The van der Waals surface area contributed by atoms with Crippen molar-refractivity contribution in [1.29, 1.82) is 0 Å². The molecule has 0 atom stereocenters. The Morgan fingerprint density at radius 1 is 1.00 bits per heavy atom. The second-order valence-corrected chi connectivity index (χ2v) is 7.02. The molecule has 0 aliphatic rings. The van der Waals surface area contributed by atoms with Crippen molar-refractivity contribution in [2.24, 2.45) is 0 Å². The fourth-order valence-electron chi connectivity index (χ4n) is 3.45. The first-order valence-corrected chi connectivity index (χ1v) is 9.10. The van der Waals surface area contributed by atoms with Crippen LogP contribution in [0.5, 0.6) is 0 Å². The van der Waals surface area contributed by atoms with Crippen LogP contribution in [0.1, 0.15) is 50.0 Å². The van der Waals surface area contributed by atoms with Gasteiger partial charge in [0.15, 0.2) is 0 Å². The van der Waals surface area contributed by atoms with Gasteiger partial charge in [-0.1, -0.05) is 29.8 Å². The summed E-state index contributed by atoms with van der Waals surface area (Å²) in [4.78, 5) is 11.9. The van der Waals surface area contributed by atoms with Gasteiger partial charge in [0.25, 0.3) is 0 Å². The zero-order chi connectivity index (χ0) is 19.6. The number of aromatic carboxylic acids is 1. The van der Waals surface area contributed by atoms with E-state index in [1.807, 2.05) is 32.9 Å². The Morgan fingerprint density at radius 3 is 2.30 bits per heavy atom. The zero-order valence-electron chi connectivity index (χ0n) is 16.3. The summed E-state index contributed by atoms with van der Waals surface area (Å²) in [5, 5.41) is 13.1. The molecule has 27 heavy (non-hydrogen) atoms. The number of aryl methyl sites for hydroxylation is 2. The minimum absolute atomic E-state index is 0.391. The van der Waals surface area contributed by atoms with Gasteiger partial charge in [-0.15, -0.1) is 0 Å². The fourth-order valence-corrected chi connectivity index (χ4v) is 3.45. The number of carboxylic acids is 1. The van der Waals surface area contributed by atoms with E-state index >= 15 is 0 Å². The van der Waals surface area contributed by atoms with E-state index < -0.39 is 5.97 Å². The van der Waals surface area contributed by atoms with Crippen molar-refractivity contribution < 1.29 is 14.3 Å². The van der Waals surface area contributed by atoms with Crippen molar-refractivity contribution in [3.63, 3.8) is 0 Å². The molecule has 2 N–H and O–H groups in total. The van der Waals surface area contributed by atoms with Crippen LogP contribution in [0.2, 0.25) is 0 Å². The van der Waals surface area contributed by atoms with E-state index in [0.29, 0.717) is 25.2 Å². The molecule has 142 valence electrons. The number of furan rings is 1. The molecular weight excluding hydrogens is 340 g/mol. The Hall–Kier alpha value is -2.79. The lowest BCUT2D eigenvalue weighted by Crippen LogP contribution is -2.15. The maximum atomic E-state index is 11.9. The Labute approximate surface area is 159 Å².